The van der Waals surface area contributed by atoms with Gasteiger partial charge in [0, 0.05) is 0 Å². The summed E-state index contributed by atoms with van der Waals surface area (Å²) >= 11 is 0. The molecule has 1 aliphatic rings. The first-order chi connectivity index (χ1) is 3.40. The van der Waals surface area contributed by atoms with Gasteiger partial charge in [-0.1, -0.05) is 0 Å². The second-order valence-electron chi connectivity index (χ2n) is 1.61. The lowest BCUT2D eigenvalue weighted by molar-refractivity contribution is -0.0278. The van der Waals surface area contributed by atoms with Gasteiger partial charge in [0.1, 0.15) is 0 Å². The van der Waals surface area contributed by atoms with Gasteiger partial charge in [-0.3, -0.25) is 0 Å². The third-order valence-corrected chi connectivity index (χ3v) is 0.998. The van der Waals surface area contributed by atoms with Crippen LogP contribution >= 0.6 is 0 Å². The third kappa shape index (κ3) is 0.692. The molecule has 1 nitrogen and oxygen atoms in total. The summed E-state index contributed by atoms with van der Waals surface area (Å²) in [4.78, 5) is 0. The van der Waals surface area contributed by atoms with Gasteiger partial charge in [0.2, 0.25) is 6.17 Å². The Bertz CT molecular complexity index is 107. The number of halogens is 5. The predicted molar refractivity (Wildman–Crippen MR) is 19.8 cm³/mol. The molecular formula is C3H4F5N. The Balaban J connectivity index is 0.000000640. The number of alkyl halides is 5. The summed E-state index contributed by atoms with van der Waals surface area (Å²) < 4.78 is 55.9. The Labute approximate surface area is 47.4 Å². The highest BCUT2D eigenvalue weighted by Crippen LogP contribution is 2.58. The predicted octanol–water partition coefficient (Wildman–Crippen LogP) is 1.77. The van der Waals surface area contributed by atoms with Crippen LogP contribution in [0.25, 0.3) is 0 Å². The molecule has 0 saturated heterocycles. The van der Waals surface area contributed by atoms with Crippen LogP contribution in [0.2, 0.25) is 0 Å². The van der Waals surface area contributed by atoms with Crippen LogP contribution in [0.1, 0.15) is 0 Å². The Hall–Kier alpha value is -0.390. The molecule has 1 fully saturated rings. The lowest BCUT2D eigenvalue weighted by Gasteiger charge is -1.85. The van der Waals surface area contributed by atoms with E-state index in [9.17, 15) is 22.0 Å². The fourth-order valence-electron chi connectivity index (χ4n) is 0.306. The molecule has 1 rings (SSSR count). The van der Waals surface area contributed by atoms with E-state index in [1.54, 1.807) is 0 Å². The van der Waals surface area contributed by atoms with Gasteiger partial charge < -0.3 is 6.15 Å². The maximum atomic E-state index is 11.2. The summed E-state index contributed by atoms with van der Waals surface area (Å²) in [5.74, 6) is -8.79. The Morgan fingerprint density at radius 1 is 0.889 bits per heavy atom. The molecule has 0 heterocycles. The molecule has 1 aliphatic carbocycles. The van der Waals surface area contributed by atoms with Gasteiger partial charge in [0.15, 0.2) is 0 Å². The van der Waals surface area contributed by atoms with Crippen molar-refractivity contribution in [2.24, 2.45) is 0 Å². The topological polar surface area (TPSA) is 35.0 Å². The van der Waals surface area contributed by atoms with Crippen LogP contribution in [0.3, 0.4) is 0 Å². The van der Waals surface area contributed by atoms with Crippen LogP contribution in [0, 0.1) is 0 Å². The van der Waals surface area contributed by atoms with Crippen molar-refractivity contribution in [2.75, 3.05) is 0 Å². The minimum Gasteiger partial charge on any atom is -0.344 e. The van der Waals surface area contributed by atoms with Gasteiger partial charge in [-0.05, 0) is 0 Å². The van der Waals surface area contributed by atoms with Crippen molar-refractivity contribution >= 4 is 0 Å². The minimum absolute atomic E-state index is 0. The Kier molecular flexibility index (Phi) is 1.49. The van der Waals surface area contributed by atoms with Crippen LogP contribution in [0.4, 0.5) is 22.0 Å². The number of hydrogen-bond acceptors (Lipinski definition) is 1. The van der Waals surface area contributed by atoms with Crippen molar-refractivity contribution in [1.29, 1.82) is 0 Å². The fraction of sp³-hybridized carbons (Fsp3) is 1.00. The Morgan fingerprint density at radius 2 is 1.00 bits per heavy atom. The molecule has 0 aromatic carbocycles. The number of hydrogen-bond donors (Lipinski definition) is 1. The minimum atomic E-state index is -4.40. The quantitative estimate of drug-likeness (QED) is 0.523. The maximum absolute atomic E-state index is 11.2. The highest BCUT2D eigenvalue weighted by atomic mass is 19.3. The monoisotopic (exact) mass is 149 g/mol. The summed E-state index contributed by atoms with van der Waals surface area (Å²) in [6.07, 6.45) is -3.25. The van der Waals surface area contributed by atoms with Gasteiger partial charge in [-0.2, -0.15) is 17.6 Å². The van der Waals surface area contributed by atoms with Crippen LogP contribution in [0.5, 0.6) is 0 Å². The van der Waals surface area contributed by atoms with E-state index in [-0.39, 0.29) is 6.15 Å². The zero-order chi connectivity index (χ0) is 6.58. The average molecular weight is 149 g/mol. The smallest absolute Gasteiger partial charge is 0.344 e. The van der Waals surface area contributed by atoms with Crippen molar-refractivity contribution in [2.45, 2.75) is 18.0 Å². The van der Waals surface area contributed by atoms with Gasteiger partial charge in [-0.25, -0.2) is 4.39 Å². The molecular weight excluding hydrogens is 145 g/mol. The van der Waals surface area contributed by atoms with E-state index in [0.717, 1.165) is 0 Å². The van der Waals surface area contributed by atoms with Gasteiger partial charge in [-0.15, -0.1) is 0 Å². The summed E-state index contributed by atoms with van der Waals surface area (Å²) in [6.45, 7) is 0. The molecule has 0 aromatic rings. The lowest BCUT2D eigenvalue weighted by atomic mass is 10.8. The number of rotatable bonds is 0. The highest BCUT2D eigenvalue weighted by molar-refractivity contribution is 5.15. The second-order valence-corrected chi connectivity index (χ2v) is 1.61. The average Bonchev–Trinajstić information content (AvgIpc) is 1.88. The summed E-state index contributed by atoms with van der Waals surface area (Å²) in [7, 11) is 0. The molecule has 0 atom stereocenters. The first kappa shape index (κ1) is 8.61. The van der Waals surface area contributed by atoms with Crippen LogP contribution in [-0.4, -0.2) is 18.0 Å². The van der Waals surface area contributed by atoms with Crippen molar-refractivity contribution in [3.63, 3.8) is 0 Å². The Morgan fingerprint density at radius 3 is 1.00 bits per heavy atom. The van der Waals surface area contributed by atoms with E-state index in [4.69, 9.17) is 0 Å². The molecule has 0 spiro atoms. The first-order valence-electron chi connectivity index (χ1n) is 1.80. The zero-order valence-corrected chi connectivity index (χ0v) is 4.17. The van der Waals surface area contributed by atoms with Crippen molar-refractivity contribution in [3.8, 4) is 0 Å². The first-order valence-corrected chi connectivity index (χ1v) is 1.80. The van der Waals surface area contributed by atoms with E-state index in [1.807, 2.05) is 0 Å². The van der Waals surface area contributed by atoms with Gasteiger partial charge >= 0.3 is 11.8 Å². The molecule has 0 aromatic heterocycles. The molecule has 9 heavy (non-hydrogen) atoms. The summed E-state index contributed by atoms with van der Waals surface area (Å²) in [5.41, 5.74) is 0. The molecule has 56 valence electrons. The lowest BCUT2D eigenvalue weighted by Crippen LogP contribution is -2.02. The standard InChI is InChI=1S/C3HF5.H3N/c4-1-2(5,6)3(1,7)8;/h1H;1H3. The molecule has 0 amide bonds. The van der Waals surface area contributed by atoms with Crippen LogP contribution in [0.15, 0.2) is 0 Å². The summed E-state index contributed by atoms with van der Waals surface area (Å²) in [6, 6.07) is 0. The molecule has 0 unspecified atom stereocenters. The van der Waals surface area contributed by atoms with E-state index < -0.39 is 18.0 Å². The molecule has 0 aliphatic heterocycles. The van der Waals surface area contributed by atoms with Crippen LogP contribution in [-0.2, 0) is 0 Å². The zero-order valence-electron chi connectivity index (χ0n) is 4.17. The van der Waals surface area contributed by atoms with Crippen LogP contribution < -0.4 is 6.15 Å². The van der Waals surface area contributed by atoms with E-state index >= 15 is 0 Å². The molecule has 3 N–H and O–H groups in total. The SMILES string of the molecule is FC1C(F)(F)C1(F)F.N. The molecule has 0 radical (unpaired) electrons. The van der Waals surface area contributed by atoms with Gasteiger partial charge in [0.05, 0.1) is 0 Å². The summed E-state index contributed by atoms with van der Waals surface area (Å²) in [5, 5.41) is 0. The molecule has 1 saturated carbocycles. The van der Waals surface area contributed by atoms with Crippen molar-refractivity contribution in [3.05, 3.63) is 0 Å². The van der Waals surface area contributed by atoms with Crippen molar-refractivity contribution in [1.82, 2.24) is 6.15 Å². The maximum Gasteiger partial charge on any atom is 0.350 e. The highest BCUT2D eigenvalue weighted by Gasteiger charge is 2.87. The van der Waals surface area contributed by atoms with E-state index in [1.165, 1.54) is 0 Å². The van der Waals surface area contributed by atoms with Crippen molar-refractivity contribution < 1.29 is 22.0 Å². The second kappa shape index (κ2) is 1.56. The third-order valence-electron chi connectivity index (χ3n) is 0.998. The van der Waals surface area contributed by atoms with Gasteiger partial charge in [0.25, 0.3) is 0 Å². The normalized spacial score (nSPS) is 29.0. The fourth-order valence-corrected chi connectivity index (χ4v) is 0.306. The van der Waals surface area contributed by atoms with E-state index in [0.29, 0.717) is 0 Å². The largest absolute Gasteiger partial charge is 0.350 e. The van der Waals surface area contributed by atoms with E-state index in [2.05, 4.69) is 0 Å². The molecule has 6 heteroatoms. The molecule has 0 bridgehead atoms.